The second kappa shape index (κ2) is 7.51. The van der Waals surface area contributed by atoms with Crippen molar-refractivity contribution in [2.45, 2.75) is 26.2 Å². The van der Waals surface area contributed by atoms with E-state index in [4.69, 9.17) is 4.42 Å². The van der Waals surface area contributed by atoms with Gasteiger partial charge in [-0.25, -0.2) is 0 Å². The first-order chi connectivity index (χ1) is 13.9. The molecule has 0 fully saturated rings. The second-order valence-electron chi connectivity index (χ2n) is 8.15. The molecule has 1 heterocycles. The fourth-order valence-corrected chi connectivity index (χ4v) is 3.21. The van der Waals surface area contributed by atoms with Gasteiger partial charge in [0, 0.05) is 11.1 Å². The molecule has 29 heavy (non-hydrogen) atoms. The maximum atomic E-state index is 5.97. The number of aromatic nitrogens is 2. The minimum atomic E-state index is 0.114. The Morgan fingerprint density at radius 3 is 1.93 bits per heavy atom. The lowest BCUT2D eigenvalue weighted by atomic mass is 9.87. The van der Waals surface area contributed by atoms with Crippen LogP contribution in [-0.2, 0) is 5.41 Å². The Balaban J connectivity index is 1.62. The van der Waals surface area contributed by atoms with E-state index in [0.717, 1.165) is 27.8 Å². The van der Waals surface area contributed by atoms with Crippen LogP contribution < -0.4 is 0 Å². The summed E-state index contributed by atoms with van der Waals surface area (Å²) in [6.07, 6.45) is 1.84. The van der Waals surface area contributed by atoms with Gasteiger partial charge >= 0.3 is 0 Å². The van der Waals surface area contributed by atoms with Crippen LogP contribution in [0, 0.1) is 0 Å². The molecule has 3 aromatic carbocycles. The third-order valence-corrected chi connectivity index (χ3v) is 5.01. The average Bonchev–Trinajstić information content (AvgIpc) is 3.24. The summed E-state index contributed by atoms with van der Waals surface area (Å²) in [4.78, 5) is 0. The van der Waals surface area contributed by atoms with Crippen LogP contribution in [0.3, 0.4) is 0 Å². The van der Waals surface area contributed by atoms with Crippen molar-refractivity contribution in [3.8, 4) is 34.0 Å². The van der Waals surface area contributed by atoms with E-state index in [0.29, 0.717) is 11.8 Å². The topological polar surface area (TPSA) is 38.9 Å². The highest BCUT2D eigenvalue weighted by molar-refractivity contribution is 5.71. The molecule has 0 aliphatic heterocycles. The van der Waals surface area contributed by atoms with Crippen LogP contribution in [0.25, 0.3) is 40.1 Å². The van der Waals surface area contributed by atoms with E-state index in [1.54, 1.807) is 0 Å². The molecule has 144 valence electrons. The molecule has 4 rings (SSSR count). The first kappa shape index (κ1) is 18.9. The maximum absolute atomic E-state index is 5.97. The van der Waals surface area contributed by atoms with Crippen molar-refractivity contribution in [1.29, 1.82) is 0 Å². The zero-order chi connectivity index (χ0) is 20.4. The van der Waals surface area contributed by atoms with Crippen molar-refractivity contribution in [3.05, 3.63) is 90.5 Å². The van der Waals surface area contributed by atoms with Crippen molar-refractivity contribution in [2.24, 2.45) is 0 Å². The van der Waals surface area contributed by atoms with Crippen molar-refractivity contribution in [2.75, 3.05) is 0 Å². The summed E-state index contributed by atoms with van der Waals surface area (Å²) < 4.78 is 5.97. The number of hydrogen-bond acceptors (Lipinski definition) is 3. The van der Waals surface area contributed by atoms with Crippen LogP contribution in [-0.4, -0.2) is 10.2 Å². The zero-order valence-corrected chi connectivity index (χ0v) is 17.0. The molecule has 0 saturated carbocycles. The molecule has 0 atom stereocenters. The fraction of sp³-hybridized carbons (Fsp3) is 0.154. The second-order valence-corrected chi connectivity index (χ2v) is 8.15. The molecular weight excluding hydrogens is 356 g/mol. The number of hydrogen-bond donors (Lipinski definition) is 0. The van der Waals surface area contributed by atoms with E-state index < -0.39 is 0 Å². The van der Waals surface area contributed by atoms with Crippen molar-refractivity contribution < 1.29 is 4.42 Å². The molecule has 0 aliphatic rings. The predicted molar refractivity (Wildman–Crippen MR) is 119 cm³/mol. The molecule has 0 spiro atoms. The largest absolute Gasteiger partial charge is 0.416 e. The van der Waals surface area contributed by atoms with E-state index in [-0.39, 0.29) is 5.41 Å². The van der Waals surface area contributed by atoms with Gasteiger partial charge in [-0.2, -0.15) is 0 Å². The Bertz CT molecular complexity index is 1130. The van der Waals surface area contributed by atoms with Crippen LogP contribution in [0.15, 0.2) is 83.8 Å². The Hall–Kier alpha value is -3.46. The summed E-state index contributed by atoms with van der Waals surface area (Å²) in [7, 11) is 0. The molecule has 0 saturated heterocycles. The van der Waals surface area contributed by atoms with E-state index in [2.05, 4.69) is 86.1 Å². The molecular formula is C26H24N2O. The SMILES string of the molecule is C=Cc1ccc(-c2cccc(-c3nnc(-c4ccc(C(C)(C)C)cc4)o3)c2)cc1. The van der Waals surface area contributed by atoms with Gasteiger partial charge in [-0.15, -0.1) is 10.2 Å². The van der Waals surface area contributed by atoms with Crippen LogP contribution in [0.2, 0.25) is 0 Å². The highest BCUT2D eigenvalue weighted by Gasteiger charge is 2.15. The van der Waals surface area contributed by atoms with Gasteiger partial charge in [0.15, 0.2) is 0 Å². The van der Waals surface area contributed by atoms with E-state index in [9.17, 15) is 0 Å². The standard InChI is InChI=1S/C26H24N2O/c1-5-18-9-11-19(12-10-18)21-7-6-8-22(17-21)25-28-27-24(29-25)20-13-15-23(16-14-20)26(2,3)4/h5-17H,1H2,2-4H3. The predicted octanol–water partition coefficient (Wildman–Crippen LogP) is 7.01. The molecule has 1 aromatic heterocycles. The summed E-state index contributed by atoms with van der Waals surface area (Å²) >= 11 is 0. The van der Waals surface area contributed by atoms with Crippen molar-refractivity contribution >= 4 is 6.08 Å². The highest BCUT2D eigenvalue weighted by atomic mass is 16.4. The number of benzene rings is 3. The summed E-state index contributed by atoms with van der Waals surface area (Å²) in [5.41, 5.74) is 6.55. The lowest BCUT2D eigenvalue weighted by molar-refractivity contribution is 0.582. The summed E-state index contributed by atoms with van der Waals surface area (Å²) in [5, 5.41) is 8.52. The summed E-state index contributed by atoms with van der Waals surface area (Å²) in [6.45, 7) is 10.4. The monoisotopic (exact) mass is 380 g/mol. The third kappa shape index (κ3) is 4.04. The van der Waals surface area contributed by atoms with E-state index >= 15 is 0 Å². The van der Waals surface area contributed by atoms with Gasteiger partial charge in [-0.05, 0) is 51.9 Å². The van der Waals surface area contributed by atoms with Gasteiger partial charge < -0.3 is 4.42 Å². The Morgan fingerprint density at radius 2 is 1.31 bits per heavy atom. The first-order valence-corrected chi connectivity index (χ1v) is 9.72. The van der Waals surface area contributed by atoms with Gasteiger partial charge in [0.2, 0.25) is 11.8 Å². The molecule has 0 aliphatic carbocycles. The molecule has 0 radical (unpaired) electrons. The van der Waals surface area contributed by atoms with E-state index in [1.165, 1.54) is 5.56 Å². The molecule has 4 aromatic rings. The average molecular weight is 380 g/mol. The quantitative estimate of drug-likeness (QED) is 0.382. The van der Waals surface area contributed by atoms with E-state index in [1.807, 2.05) is 30.3 Å². The lowest BCUT2D eigenvalue weighted by Crippen LogP contribution is -2.10. The molecule has 0 amide bonds. The molecule has 0 bridgehead atoms. The van der Waals surface area contributed by atoms with Gasteiger partial charge in [0.05, 0.1) is 0 Å². The smallest absolute Gasteiger partial charge is 0.248 e. The highest BCUT2D eigenvalue weighted by Crippen LogP contribution is 2.29. The Kier molecular flexibility index (Phi) is 4.89. The Labute approximate surface area is 171 Å². The summed E-state index contributed by atoms with van der Waals surface area (Å²) in [6, 6.07) is 24.7. The van der Waals surface area contributed by atoms with Gasteiger partial charge in [-0.3, -0.25) is 0 Å². The normalized spacial score (nSPS) is 11.4. The van der Waals surface area contributed by atoms with Gasteiger partial charge in [-0.1, -0.05) is 82.0 Å². The fourth-order valence-electron chi connectivity index (χ4n) is 3.21. The third-order valence-electron chi connectivity index (χ3n) is 5.01. The summed E-state index contributed by atoms with van der Waals surface area (Å²) in [5.74, 6) is 1.05. The first-order valence-electron chi connectivity index (χ1n) is 9.72. The molecule has 0 unspecified atom stereocenters. The molecule has 3 nitrogen and oxygen atoms in total. The maximum Gasteiger partial charge on any atom is 0.248 e. The van der Waals surface area contributed by atoms with Gasteiger partial charge in [0.25, 0.3) is 0 Å². The van der Waals surface area contributed by atoms with Crippen LogP contribution >= 0.6 is 0 Å². The number of rotatable bonds is 4. The minimum Gasteiger partial charge on any atom is -0.416 e. The minimum absolute atomic E-state index is 0.114. The molecule has 0 N–H and O–H groups in total. The lowest BCUT2D eigenvalue weighted by Gasteiger charge is -2.18. The van der Waals surface area contributed by atoms with Gasteiger partial charge in [0.1, 0.15) is 0 Å². The zero-order valence-electron chi connectivity index (χ0n) is 17.0. The van der Waals surface area contributed by atoms with Crippen molar-refractivity contribution in [1.82, 2.24) is 10.2 Å². The number of nitrogens with zero attached hydrogens (tertiary/aromatic N) is 2. The van der Waals surface area contributed by atoms with Crippen LogP contribution in [0.5, 0.6) is 0 Å². The Morgan fingerprint density at radius 1 is 0.724 bits per heavy atom. The van der Waals surface area contributed by atoms with Crippen LogP contribution in [0.1, 0.15) is 31.9 Å². The van der Waals surface area contributed by atoms with Crippen LogP contribution in [0.4, 0.5) is 0 Å². The molecule has 3 heteroatoms. The van der Waals surface area contributed by atoms with Crippen molar-refractivity contribution in [3.63, 3.8) is 0 Å².